The summed E-state index contributed by atoms with van der Waals surface area (Å²) in [5.41, 5.74) is -0.844. The number of hydrogen-bond donors (Lipinski definition) is 2. The Balaban J connectivity index is 1.59. The molecule has 0 radical (unpaired) electrons. The molecule has 2 aromatic heterocycles. The first-order chi connectivity index (χ1) is 16.3. The van der Waals surface area contributed by atoms with Crippen LogP contribution in [0.25, 0.3) is 21.8 Å². The average molecular weight is 462 g/mol. The molecule has 0 bridgehead atoms. The fourth-order valence-corrected chi connectivity index (χ4v) is 4.48. The van der Waals surface area contributed by atoms with Crippen LogP contribution >= 0.6 is 0 Å². The summed E-state index contributed by atoms with van der Waals surface area (Å²) in [5.74, 6) is -2.73. The van der Waals surface area contributed by atoms with Gasteiger partial charge in [-0.25, -0.2) is 29.1 Å². The van der Waals surface area contributed by atoms with Crippen molar-refractivity contribution < 1.29 is 28.6 Å². The van der Waals surface area contributed by atoms with Crippen molar-refractivity contribution in [3.63, 3.8) is 0 Å². The van der Waals surface area contributed by atoms with E-state index in [1.165, 1.54) is 36.4 Å². The third-order valence-corrected chi connectivity index (χ3v) is 6.18. The molecule has 1 fully saturated rings. The Morgan fingerprint density at radius 2 is 1.15 bits per heavy atom. The van der Waals surface area contributed by atoms with E-state index in [0.717, 1.165) is 12.8 Å². The molecule has 10 nitrogen and oxygen atoms in total. The highest BCUT2D eigenvalue weighted by Crippen LogP contribution is 2.42. The Labute approximate surface area is 190 Å². The summed E-state index contributed by atoms with van der Waals surface area (Å²) in [4.78, 5) is 56.7. The average Bonchev–Trinajstić information content (AvgIpc) is 2.83. The lowest BCUT2D eigenvalue weighted by molar-refractivity contribution is 0.0686. The van der Waals surface area contributed by atoms with Gasteiger partial charge in [0.05, 0.1) is 32.9 Å². The molecule has 2 N–H and O–H groups in total. The third-order valence-electron chi connectivity index (χ3n) is 6.18. The fraction of sp³-hybridized carbons (Fsp3) is 0.250. The van der Waals surface area contributed by atoms with Crippen LogP contribution in [-0.2, 0) is 0 Å². The summed E-state index contributed by atoms with van der Waals surface area (Å²) in [5, 5.41) is 18.5. The maximum Gasteiger partial charge on any atom is 0.346 e. The van der Waals surface area contributed by atoms with E-state index < -0.39 is 23.2 Å². The molecule has 5 rings (SSSR count). The Morgan fingerprint density at radius 1 is 0.735 bits per heavy atom. The monoisotopic (exact) mass is 462 g/mol. The number of nitrogens with zero attached hydrogens (tertiary/aromatic N) is 2. The van der Waals surface area contributed by atoms with Crippen LogP contribution < -0.4 is 11.3 Å². The van der Waals surface area contributed by atoms with Crippen molar-refractivity contribution in [2.24, 2.45) is 0 Å². The fourth-order valence-electron chi connectivity index (χ4n) is 4.48. The van der Waals surface area contributed by atoms with E-state index in [9.17, 15) is 19.2 Å². The first-order valence-corrected chi connectivity index (χ1v) is 10.7. The minimum atomic E-state index is -1.16. The van der Waals surface area contributed by atoms with Crippen molar-refractivity contribution in [2.75, 3.05) is 0 Å². The van der Waals surface area contributed by atoms with Gasteiger partial charge in [0.1, 0.15) is 0 Å². The van der Waals surface area contributed by atoms with Gasteiger partial charge < -0.3 is 19.0 Å². The van der Waals surface area contributed by atoms with Gasteiger partial charge in [0.15, 0.2) is 0 Å². The van der Waals surface area contributed by atoms with Gasteiger partial charge in [-0.15, -0.1) is 0 Å². The number of carboxylic acids is 2. The zero-order chi connectivity index (χ0) is 24.0. The molecule has 2 heterocycles. The van der Waals surface area contributed by atoms with Gasteiger partial charge >= 0.3 is 23.2 Å². The molecule has 2 unspecified atom stereocenters. The van der Waals surface area contributed by atoms with Crippen LogP contribution in [0.4, 0.5) is 0 Å². The molecule has 1 aliphatic rings. The van der Waals surface area contributed by atoms with Gasteiger partial charge in [0.25, 0.3) is 0 Å². The molecule has 0 saturated heterocycles. The van der Waals surface area contributed by atoms with Crippen LogP contribution in [0.5, 0.6) is 0 Å². The second kappa shape index (κ2) is 8.22. The Kier molecular flexibility index (Phi) is 5.20. The highest BCUT2D eigenvalue weighted by atomic mass is 16.4. The van der Waals surface area contributed by atoms with Crippen LogP contribution in [0.3, 0.4) is 0 Å². The summed E-state index contributed by atoms with van der Waals surface area (Å²) in [6.07, 6.45) is 2.95. The number of hydrogen-bond acceptors (Lipinski definition) is 8. The smallest absolute Gasteiger partial charge is 0.346 e. The molecule has 2 atom stereocenters. The zero-order valence-electron chi connectivity index (χ0n) is 17.7. The normalized spacial score (nSPS) is 18.2. The van der Waals surface area contributed by atoms with Crippen molar-refractivity contribution in [3.05, 3.63) is 80.1 Å². The molecule has 10 heteroatoms. The number of aromatic nitrogens is 2. The molecular formula is C24H18N2O8. The summed E-state index contributed by atoms with van der Waals surface area (Å²) in [6.45, 7) is 0. The third kappa shape index (κ3) is 3.72. The molecule has 172 valence electrons. The van der Waals surface area contributed by atoms with Crippen LogP contribution in [0.1, 0.15) is 70.0 Å². The highest BCUT2D eigenvalue weighted by molar-refractivity contribution is 5.93. The first kappa shape index (κ1) is 21.5. The Hall–Kier alpha value is -4.34. The summed E-state index contributed by atoms with van der Waals surface area (Å²) in [6, 6.07) is 8.13. The molecule has 0 amide bonds. The van der Waals surface area contributed by atoms with Crippen molar-refractivity contribution in [3.8, 4) is 0 Å². The Bertz CT molecular complexity index is 1470. The van der Waals surface area contributed by atoms with E-state index in [0.29, 0.717) is 23.9 Å². The van der Waals surface area contributed by atoms with E-state index in [2.05, 4.69) is 9.97 Å². The minimum absolute atomic E-state index is 0.0434. The molecule has 1 saturated carbocycles. The predicted molar refractivity (Wildman–Crippen MR) is 118 cm³/mol. The molecule has 4 aromatic rings. The maximum absolute atomic E-state index is 12.6. The summed E-state index contributed by atoms with van der Waals surface area (Å²) < 4.78 is 11.0. The maximum atomic E-state index is 12.6. The molecule has 34 heavy (non-hydrogen) atoms. The quantitative estimate of drug-likeness (QED) is 0.459. The number of aromatic carboxylic acids is 2. The molecule has 1 aliphatic carbocycles. The van der Waals surface area contributed by atoms with Crippen LogP contribution in [0.15, 0.2) is 54.8 Å². The van der Waals surface area contributed by atoms with Gasteiger partial charge in [-0.2, -0.15) is 0 Å². The number of carboxylic acid groups (broad SMARTS) is 2. The predicted octanol–water partition coefficient (Wildman–Crippen LogP) is 3.53. The van der Waals surface area contributed by atoms with Crippen LogP contribution in [0, 0.1) is 0 Å². The molecular weight excluding hydrogens is 444 g/mol. The minimum Gasteiger partial charge on any atom is -0.478 e. The van der Waals surface area contributed by atoms with E-state index in [-0.39, 0.29) is 45.5 Å². The van der Waals surface area contributed by atoms with Gasteiger partial charge in [-0.1, -0.05) is 12.8 Å². The number of fused-ring (bicyclic) bond motifs is 2. The highest BCUT2D eigenvalue weighted by Gasteiger charge is 2.34. The number of rotatable bonds is 4. The zero-order valence-corrected chi connectivity index (χ0v) is 17.7. The summed E-state index contributed by atoms with van der Waals surface area (Å²) >= 11 is 0. The largest absolute Gasteiger partial charge is 0.478 e. The van der Waals surface area contributed by atoms with Gasteiger partial charge in [-0.05, 0) is 49.2 Å². The van der Waals surface area contributed by atoms with Crippen molar-refractivity contribution in [1.82, 2.24) is 9.97 Å². The molecule has 2 aromatic carbocycles. The lowest BCUT2D eigenvalue weighted by Crippen LogP contribution is -2.21. The van der Waals surface area contributed by atoms with Gasteiger partial charge in [-0.3, -0.25) is 0 Å². The van der Waals surface area contributed by atoms with Crippen LogP contribution in [-0.4, -0.2) is 32.1 Å². The molecule has 0 aliphatic heterocycles. The SMILES string of the molecule is O=C(O)c1ccc2nc(C3CCCCC3c3nc4ccc(C(=O)O)cc4c(=O)o3)oc(=O)c2c1. The van der Waals surface area contributed by atoms with E-state index in [4.69, 9.17) is 19.0 Å². The second-order valence-electron chi connectivity index (χ2n) is 8.25. The van der Waals surface area contributed by atoms with Gasteiger partial charge in [0.2, 0.25) is 11.8 Å². The van der Waals surface area contributed by atoms with E-state index >= 15 is 0 Å². The van der Waals surface area contributed by atoms with Crippen molar-refractivity contribution in [1.29, 1.82) is 0 Å². The Morgan fingerprint density at radius 3 is 1.53 bits per heavy atom. The number of benzene rings is 2. The first-order valence-electron chi connectivity index (χ1n) is 10.7. The molecule has 0 spiro atoms. The topological polar surface area (TPSA) is 161 Å². The second-order valence-corrected chi connectivity index (χ2v) is 8.25. The van der Waals surface area contributed by atoms with Gasteiger partial charge in [0, 0.05) is 11.8 Å². The summed E-state index contributed by atoms with van der Waals surface area (Å²) in [7, 11) is 0. The van der Waals surface area contributed by atoms with E-state index in [1.807, 2.05) is 0 Å². The van der Waals surface area contributed by atoms with Crippen LogP contribution in [0.2, 0.25) is 0 Å². The van der Waals surface area contributed by atoms with Crippen molar-refractivity contribution in [2.45, 2.75) is 37.5 Å². The number of carbonyl (C=O) groups is 2. The lowest BCUT2D eigenvalue weighted by Gasteiger charge is -2.28. The lowest BCUT2D eigenvalue weighted by atomic mass is 9.79. The standard InChI is InChI=1S/C24H18N2O8/c27-21(28)11-5-7-17-15(9-11)23(31)33-19(25-17)13-3-1-2-4-14(13)20-26-18-8-6-12(22(29)30)10-16(18)24(32)34-20/h5-10,13-14H,1-4H2,(H,27,28)(H,29,30). The van der Waals surface area contributed by atoms with Crippen molar-refractivity contribution >= 4 is 33.7 Å². The van der Waals surface area contributed by atoms with E-state index in [1.54, 1.807) is 0 Å².